The predicted octanol–water partition coefficient (Wildman–Crippen LogP) is 3.30. The van der Waals surface area contributed by atoms with Crippen molar-refractivity contribution in [3.05, 3.63) is 34.4 Å². The second kappa shape index (κ2) is 5.99. The molecule has 0 aliphatic rings. The highest BCUT2D eigenvalue weighted by atomic mass is 35.5. The Morgan fingerprint density at radius 2 is 2.20 bits per heavy atom. The van der Waals surface area contributed by atoms with Crippen LogP contribution in [0.4, 0.5) is 5.69 Å². The zero-order valence-corrected chi connectivity index (χ0v) is 13.3. The van der Waals surface area contributed by atoms with Crippen LogP contribution in [-0.2, 0) is 10.0 Å². The molecule has 2 aromatic rings. The molecule has 0 aliphatic heterocycles. The fraction of sp³-hybridized carbons (Fsp3) is 0.250. The Balaban J connectivity index is 2.28. The first-order valence-electron chi connectivity index (χ1n) is 5.81. The van der Waals surface area contributed by atoms with E-state index in [1.165, 1.54) is 0 Å². The lowest BCUT2D eigenvalue weighted by Crippen LogP contribution is -2.12. The van der Waals surface area contributed by atoms with Crippen LogP contribution in [0.25, 0.3) is 0 Å². The Labute approximate surface area is 126 Å². The van der Waals surface area contributed by atoms with E-state index in [1.54, 1.807) is 31.2 Å². The minimum atomic E-state index is -3.69. The number of thiazole rings is 1. The third-order valence-electron chi connectivity index (χ3n) is 2.37. The molecule has 0 saturated heterocycles. The maximum Gasteiger partial charge on any atom is 0.273 e. The molecule has 0 saturated carbocycles. The van der Waals surface area contributed by atoms with E-state index in [1.807, 2.05) is 6.92 Å². The highest BCUT2D eigenvalue weighted by molar-refractivity contribution is 7.94. The van der Waals surface area contributed by atoms with E-state index in [9.17, 15) is 8.42 Å². The molecule has 0 fully saturated rings. The number of ether oxygens (including phenoxy) is 1. The smallest absolute Gasteiger partial charge is 0.273 e. The quantitative estimate of drug-likeness (QED) is 0.912. The van der Waals surface area contributed by atoms with Crippen molar-refractivity contribution in [3.8, 4) is 5.75 Å². The van der Waals surface area contributed by atoms with E-state index in [-0.39, 0.29) is 8.68 Å². The Morgan fingerprint density at radius 3 is 2.80 bits per heavy atom. The third-order valence-corrected chi connectivity index (χ3v) is 5.62. The molecule has 0 spiro atoms. The van der Waals surface area contributed by atoms with Gasteiger partial charge in [0, 0.05) is 6.07 Å². The molecule has 0 amide bonds. The number of hydrogen-bond acceptors (Lipinski definition) is 5. The average molecular weight is 333 g/mol. The van der Waals surface area contributed by atoms with Crippen molar-refractivity contribution < 1.29 is 13.2 Å². The molecule has 0 atom stereocenters. The van der Waals surface area contributed by atoms with Crippen LogP contribution in [0.2, 0.25) is 4.47 Å². The van der Waals surface area contributed by atoms with Crippen molar-refractivity contribution in [2.45, 2.75) is 18.1 Å². The molecule has 1 aromatic heterocycles. The average Bonchev–Trinajstić information content (AvgIpc) is 2.69. The summed E-state index contributed by atoms with van der Waals surface area (Å²) in [5.74, 6) is 0.603. The van der Waals surface area contributed by atoms with Crippen molar-refractivity contribution in [2.75, 3.05) is 11.3 Å². The van der Waals surface area contributed by atoms with Crippen LogP contribution < -0.4 is 9.46 Å². The Kier molecular flexibility index (Phi) is 4.52. The van der Waals surface area contributed by atoms with Crippen molar-refractivity contribution in [1.82, 2.24) is 4.98 Å². The Bertz CT molecular complexity index is 713. The summed E-state index contributed by atoms with van der Waals surface area (Å²) in [6.07, 6.45) is 0. The van der Waals surface area contributed by atoms with Crippen LogP contribution in [0.15, 0.2) is 28.5 Å². The molecule has 0 unspecified atom stereocenters. The summed E-state index contributed by atoms with van der Waals surface area (Å²) in [5.41, 5.74) is 0.813. The topological polar surface area (TPSA) is 68.3 Å². The molecule has 8 heteroatoms. The van der Waals surface area contributed by atoms with Gasteiger partial charge in [-0.1, -0.05) is 29.0 Å². The van der Waals surface area contributed by atoms with E-state index in [0.29, 0.717) is 23.7 Å². The van der Waals surface area contributed by atoms with Crippen LogP contribution in [0.5, 0.6) is 5.75 Å². The normalized spacial score (nSPS) is 11.3. The molecule has 0 aliphatic carbocycles. The van der Waals surface area contributed by atoms with Gasteiger partial charge in [0.05, 0.1) is 18.0 Å². The van der Waals surface area contributed by atoms with Crippen molar-refractivity contribution in [2.24, 2.45) is 0 Å². The highest BCUT2D eigenvalue weighted by Crippen LogP contribution is 2.29. The molecule has 1 heterocycles. The number of aromatic nitrogens is 1. The number of sulfonamides is 1. The van der Waals surface area contributed by atoms with Gasteiger partial charge in [0.25, 0.3) is 10.0 Å². The molecule has 2 rings (SSSR count). The molecule has 0 bridgehead atoms. The summed E-state index contributed by atoms with van der Waals surface area (Å²) in [4.78, 5) is 3.91. The van der Waals surface area contributed by atoms with E-state index < -0.39 is 10.0 Å². The van der Waals surface area contributed by atoms with Crippen LogP contribution in [0.1, 0.15) is 12.6 Å². The fourth-order valence-electron chi connectivity index (χ4n) is 1.62. The summed E-state index contributed by atoms with van der Waals surface area (Å²) in [6, 6.07) is 6.75. The first-order chi connectivity index (χ1) is 9.42. The van der Waals surface area contributed by atoms with Crippen molar-refractivity contribution in [1.29, 1.82) is 0 Å². The number of nitrogens with zero attached hydrogens (tertiary/aromatic N) is 1. The highest BCUT2D eigenvalue weighted by Gasteiger charge is 2.21. The number of benzene rings is 1. The van der Waals surface area contributed by atoms with E-state index in [2.05, 4.69) is 9.71 Å². The molecular formula is C12H13ClN2O3S2. The van der Waals surface area contributed by atoms with Gasteiger partial charge in [-0.25, -0.2) is 13.4 Å². The van der Waals surface area contributed by atoms with Gasteiger partial charge in [-0.05, 0) is 26.0 Å². The van der Waals surface area contributed by atoms with Crippen LogP contribution in [0.3, 0.4) is 0 Å². The summed E-state index contributed by atoms with van der Waals surface area (Å²) in [5, 5.41) is 0. The fourth-order valence-corrected chi connectivity index (χ4v) is 4.41. The van der Waals surface area contributed by atoms with Crippen LogP contribution in [-0.4, -0.2) is 20.0 Å². The Hall–Kier alpha value is -1.31. The zero-order chi connectivity index (χ0) is 14.8. The first kappa shape index (κ1) is 15.1. The molecular weight excluding hydrogens is 320 g/mol. The Morgan fingerprint density at radius 1 is 1.45 bits per heavy atom. The minimum Gasteiger partial charge on any atom is -0.494 e. The lowest BCUT2D eigenvalue weighted by molar-refractivity contribution is 0.340. The molecule has 20 heavy (non-hydrogen) atoms. The van der Waals surface area contributed by atoms with E-state index in [0.717, 1.165) is 11.3 Å². The predicted molar refractivity (Wildman–Crippen MR) is 80.3 cm³/mol. The standard InChI is InChI=1S/C12H13ClN2O3S2/c1-3-18-10-6-4-5-9(7-10)15-20(16,17)11-8(2)14-12(13)19-11/h4-7,15H,3H2,1-2H3. The minimum absolute atomic E-state index is 0.115. The number of hydrogen-bond donors (Lipinski definition) is 1. The number of halogens is 1. The number of anilines is 1. The van der Waals surface area contributed by atoms with E-state index in [4.69, 9.17) is 16.3 Å². The maximum atomic E-state index is 12.3. The number of rotatable bonds is 5. The van der Waals surface area contributed by atoms with Crippen LogP contribution in [0, 0.1) is 6.92 Å². The number of nitrogens with one attached hydrogen (secondary N) is 1. The lowest BCUT2D eigenvalue weighted by Gasteiger charge is -2.08. The van der Waals surface area contributed by atoms with Gasteiger partial charge in [0.2, 0.25) is 0 Å². The van der Waals surface area contributed by atoms with Crippen LogP contribution >= 0.6 is 22.9 Å². The second-order valence-corrected chi connectivity index (χ2v) is 7.36. The van der Waals surface area contributed by atoms with Crippen molar-refractivity contribution >= 4 is 38.6 Å². The van der Waals surface area contributed by atoms with Gasteiger partial charge in [0.1, 0.15) is 5.75 Å². The summed E-state index contributed by atoms with van der Waals surface area (Å²) in [6.45, 7) is 3.98. The molecule has 108 valence electrons. The summed E-state index contributed by atoms with van der Waals surface area (Å²) < 4.78 is 32.7. The molecule has 1 N–H and O–H groups in total. The summed E-state index contributed by atoms with van der Waals surface area (Å²) >= 11 is 6.66. The van der Waals surface area contributed by atoms with Gasteiger partial charge in [-0.15, -0.1) is 0 Å². The van der Waals surface area contributed by atoms with Gasteiger partial charge in [0.15, 0.2) is 8.68 Å². The second-order valence-electron chi connectivity index (χ2n) is 3.91. The molecule has 5 nitrogen and oxygen atoms in total. The van der Waals surface area contributed by atoms with Gasteiger partial charge in [-0.3, -0.25) is 4.72 Å². The van der Waals surface area contributed by atoms with E-state index >= 15 is 0 Å². The van der Waals surface area contributed by atoms with Gasteiger partial charge in [-0.2, -0.15) is 0 Å². The first-order valence-corrected chi connectivity index (χ1v) is 8.48. The largest absolute Gasteiger partial charge is 0.494 e. The third kappa shape index (κ3) is 3.41. The molecule has 0 radical (unpaired) electrons. The molecule has 1 aromatic carbocycles. The zero-order valence-electron chi connectivity index (χ0n) is 10.9. The van der Waals surface area contributed by atoms with Gasteiger partial charge >= 0.3 is 0 Å². The lowest BCUT2D eigenvalue weighted by atomic mass is 10.3. The SMILES string of the molecule is CCOc1cccc(NS(=O)(=O)c2sc(Cl)nc2C)c1. The van der Waals surface area contributed by atoms with Gasteiger partial charge < -0.3 is 4.74 Å². The van der Waals surface area contributed by atoms with Crippen molar-refractivity contribution in [3.63, 3.8) is 0 Å². The monoisotopic (exact) mass is 332 g/mol. The maximum absolute atomic E-state index is 12.3. The number of aryl methyl sites for hydroxylation is 1. The summed E-state index contributed by atoms with van der Waals surface area (Å²) in [7, 11) is -3.69.